The Hall–Kier alpha value is -2.46. The number of allylic oxidation sites excluding steroid dienone is 1. The molecule has 0 fully saturated rings. The van der Waals surface area contributed by atoms with Crippen molar-refractivity contribution in [3.63, 3.8) is 0 Å². The highest BCUT2D eigenvalue weighted by Gasteiger charge is 2.42. The average Bonchev–Trinajstić information content (AvgIpc) is 2.73. The second kappa shape index (κ2) is 6.56. The van der Waals surface area contributed by atoms with Gasteiger partial charge < -0.3 is 15.7 Å². The molecule has 2 aromatic rings. The SMILES string of the molecule is Cc1cc2c(cc1C)N[C@H](c1cc(Cl)ccc1O)[C@@H]1C(=O)CC(C)(C)C=C1N2. The van der Waals surface area contributed by atoms with Crippen LogP contribution in [0.4, 0.5) is 11.4 Å². The smallest absolute Gasteiger partial charge is 0.145 e. The first-order chi connectivity index (χ1) is 13.1. The van der Waals surface area contributed by atoms with Gasteiger partial charge in [-0.15, -0.1) is 0 Å². The Morgan fingerprint density at radius 1 is 1.11 bits per heavy atom. The second-order valence-electron chi connectivity index (χ2n) is 8.64. The molecule has 1 heterocycles. The van der Waals surface area contributed by atoms with Crippen molar-refractivity contribution in [1.29, 1.82) is 0 Å². The molecule has 0 aromatic heterocycles. The predicted octanol–water partition coefficient (Wildman–Crippen LogP) is 5.74. The molecular formula is C23H25ClN2O2. The van der Waals surface area contributed by atoms with E-state index in [-0.39, 0.29) is 16.9 Å². The lowest BCUT2D eigenvalue weighted by atomic mass is 9.72. The summed E-state index contributed by atoms with van der Waals surface area (Å²) >= 11 is 6.23. The molecule has 0 saturated heterocycles. The molecule has 2 aliphatic rings. The summed E-state index contributed by atoms with van der Waals surface area (Å²) in [6, 6.07) is 8.75. The number of Topliss-reactive ketones (excluding diaryl/α,β-unsaturated/α-hetero) is 1. The third-order valence-electron chi connectivity index (χ3n) is 5.74. The number of hydrogen-bond donors (Lipinski definition) is 3. The number of anilines is 2. The van der Waals surface area contributed by atoms with E-state index in [0.717, 1.165) is 22.6 Å². The minimum Gasteiger partial charge on any atom is -0.508 e. The molecule has 2 atom stereocenters. The summed E-state index contributed by atoms with van der Waals surface area (Å²) in [5.41, 5.74) is 5.47. The minimum atomic E-state index is -0.426. The summed E-state index contributed by atoms with van der Waals surface area (Å²) in [5, 5.41) is 18.1. The molecule has 2 aromatic carbocycles. The molecule has 5 heteroatoms. The first kappa shape index (κ1) is 18.9. The number of fused-ring (bicyclic) bond motifs is 2. The Labute approximate surface area is 170 Å². The largest absolute Gasteiger partial charge is 0.508 e. The van der Waals surface area contributed by atoms with Crippen LogP contribution in [0.2, 0.25) is 5.02 Å². The topological polar surface area (TPSA) is 61.4 Å². The molecule has 4 nitrogen and oxygen atoms in total. The molecule has 146 valence electrons. The zero-order valence-corrected chi connectivity index (χ0v) is 17.3. The summed E-state index contributed by atoms with van der Waals surface area (Å²) < 4.78 is 0. The molecule has 0 saturated carbocycles. The van der Waals surface area contributed by atoms with E-state index in [2.05, 4.69) is 56.5 Å². The maximum atomic E-state index is 13.2. The van der Waals surface area contributed by atoms with E-state index < -0.39 is 12.0 Å². The van der Waals surface area contributed by atoms with Crippen LogP contribution in [0.25, 0.3) is 0 Å². The first-order valence-corrected chi connectivity index (χ1v) is 9.91. The van der Waals surface area contributed by atoms with E-state index in [1.165, 1.54) is 5.56 Å². The van der Waals surface area contributed by atoms with Crippen LogP contribution in [-0.4, -0.2) is 10.9 Å². The van der Waals surface area contributed by atoms with Gasteiger partial charge in [-0.25, -0.2) is 0 Å². The normalized spacial score (nSPS) is 22.9. The molecule has 0 amide bonds. The Bertz CT molecular complexity index is 1010. The van der Waals surface area contributed by atoms with Crippen LogP contribution in [0.3, 0.4) is 0 Å². The van der Waals surface area contributed by atoms with E-state index in [4.69, 9.17) is 11.6 Å². The maximum absolute atomic E-state index is 13.2. The molecule has 3 N–H and O–H groups in total. The lowest BCUT2D eigenvalue weighted by molar-refractivity contribution is -0.124. The zero-order chi connectivity index (χ0) is 20.2. The van der Waals surface area contributed by atoms with Gasteiger partial charge in [0.1, 0.15) is 11.5 Å². The van der Waals surface area contributed by atoms with Crippen molar-refractivity contribution in [2.75, 3.05) is 10.6 Å². The van der Waals surface area contributed by atoms with Gasteiger partial charge in [-0.2, -0.15) is 0 Å². The Kier molecular flexibility index (Phi) is 4.42. The van der Waals surface area contributed by atoms with E-state index in [9.17, 15) is 9.90 Å². The summed E-state index contributed by atoms with van der Waals surface area (Å²) in [6.45, 7) is 8.28. The maximum Gasteiger partial charge on any atom is 0.145 e. The highest BCUT2D eigenvalue weighted by molar-refractivity contribution is 6.30. The number of ketones is 1. The highest BCUT2D eigenvalue weighted by Crippen LogP contribution is 2.47. The monoisotopic (exact) mass is 396 g/mol. The molecule has 28 heavy (non-hydrogen) atoms. The van der Waals surface area contributed by atoms with Gasteiger partial charge in [0.05, 0.1) is 23.3 Å². The van der Waals surface area contributed by atoms with Crippen molar-refractivity contribution in [3.8, 4) is 5.75 Å². The van der Waals surface area contributed by atoms with Crippen LogP contribution in [0.1, 0.15) is 43.0 Å². The summed E-state index contributed by atoms with van der Waals surface area (Å²) in [7, 11) is 0. The second-order valence-corrected chi connectivity index (χ2v) is 9.08. The molecule has 0 radical (unpaired) electrons. The van der Waals surface area contributed by atoms with Crippen LogP contribution in [0, 0.1) is 25.2 Å². The summed E-state index contributed by atoms with van der Waals surface area (Å²) in [5.74, 6) is -0.148. The number of nitrogens with one attached hydrogen (secondary N) is 2. The van der Waals surface area contributed by atoms with E-state index in [1.807, 2.05) is 0 Å². The third kappa shape index (κ3) is 3.26. The quantitative estimate of drug-likeness (QED) is 0.575. The number of benzene rings is 2. The summed E-state index contributed by atoms with van der Waals surface area (Å²) in [6.07, 6.45) is 2.61. The molecule has 1 aliphatic carbocycles. The zero-order valence-electron chi connectivity index (χ0n) is 16.6. The van der Waals surface area contributed by atoms with Crippen LogP contribution >= 0.6 is 11.6 Å². The fraction of sp³-hybridized carbons (Fsp3) is 0.348. The van der Waals surface area contributed by atoms with E-state index in [1.54, 1.807) is 18.2 Å². The number of phenolic OH excluding ortho intramolecular Hbond substituents is 1. The molecule has 0 spiro atoms. The Morgan fingerprint density at radius 3 is 2.50 bits per heavy atom. The van der Waals surface area contributed by atoms with Gasteiger partial charge in [-0.1, -0.05) is 31.5 Å². The van der Waals surface area contributed by atoms with Crippen LogP contribution in [0.5, 0.6) is 5.75 Å². The number of phenols is 1. The van der Waals surface area contributed by atoms with E-state index >= 15 is 0 Å². The average molecular weight is 397 g/mol. The van der Waals surface area contributed by atoms with Gasteiger partial charge in [0.2, 0.25) is 0 Å². The Morgan fingerprint density at radius 2 is 1.79 bits per heavy atom. The van der Waals surface area contributed by atoms with Gasteiger partial charge >= 0.3 is 0 Å². The van der Waals surface area contributed by atoms with Gasteiger partial charge in [-0.05, 0) is 60.7 Å². The minimum absolute atomic E-state index is 0.131. The van der Waals surface area contributed by atoms with Gasteiger partial charge in [-0.3, -0.25) is 4.79 Å². The van der Waals surface area contributed by atoms with Crippen molar-refractivity contribution in [2.45, 2.75) is 40.2 Å². The summed E-state index contributed by atoms with van der Waals surface area (Å²) in [4.78, 5) is 13.2. The number of rotatable bonds is 1. The van der Waals surface area contributed by atoms with Crippen LogP contribution in [-0.2, 0) is 4.79 Å². The van der Waals surface area contributed by atoms with Crippen molar-refractivity contribution in [3.05, 3.63) is 63.8 Å². The number of aryl methyl sites for hydroxylation is 2. The molecule has 1 aliphatic heterocycles. The van der Waals surface area contributed by atoms with E-state index in [0.29, 0.717) is 17.0 Å². The van der Waals surface area contributed by atoms with Crippen LogP contribution < -0.4 is 10.6 Å². The molecular weight excluding hydrogens is 372 g/mol. The molecule has 4 rings (SSSR count). The number of halogens is 1. The van der Waals surface area contributed by atoms with Crippen molar-refractivity contribution < 1.29 is 9.90 Å². The number of aromatic hydroxyl groups is 1. The highest BCUT2D eigenvalue weighted by atomic mass is 35.5. The molecule has 0 bridgehead atoms. The van der Waals surface area contributed by atoms with Gasteiger partial charge in [0, 0.05) is 22.7 Å². The van der Waals surface area contributed by atoms with Crippen LogP contribution in [0.15, 0.2) is 42.1 Å². The van der Waals surface area contributed by atoms with Crippen molar-refractivity contribution >= 4 is 28.8 Å². The van der Waals surface area contributed by atoms with Gasteiger partial charge in [0.15, 0.2) is 0 Å². The first-order valence-electron chi connectivity index (χ1n) is 9.53. The Balaban J connectivity index is 1.94. The lowest BCUT2D eigenvalue weighted by Crippen LogP contribution is -2.36. The standard InChI is InChI=1S/C23H25ClN2O2/c1-12-7-16-17(8-13(12)2)26-22(15-9-14(24)5-6-19(15)27)21-18(25-16)10-23(3,4)11-20(21)28/h5-10,21-22,25-27H,11H2,1-4H3/t21-,22+/m0/s1. The molecule has 0 unspecified atom stereocenters. The number of carbonyl (C=O) groups is 1. The number of carbonyl (C=O) groups excluding carboxylic acids is 1. The fourth-order valence-corrected chi connectivity index (χ4v) is 4.43. The van der Waals surface area contributed by atoms with Crippen molar-refractivity contribution in [2.24, 2.45) is 11.3 Å². The lowest BCUT2D eigenvalue weighted by Gasteiger charge is -2.35. The predicted molar refractivity (Wildman–Crippen MR) is 114 cm³/mol. The van der Waals surface area contributed by atoms with Gasteiger partial charge in [0.25, 0.3) is 0 Å². The number of hydrogen-bond acceptors (Lipinski definition) is 4. The van der Waals surface area contributed by atoms with Crippen molar-refractivity contribution in [1.82, 2.24) is 0 Å². The third-order valence-corrected chi connectivity index (χ3v) is 5.97. The fourth-order valence-electron chi connectivity index (χ4n) is 4.25.